The molecule has 96 valence electrons. The smallest absolute Gasteiger partial charge is 0.312 e. The summed E-state index contributed by atoms with van der Waals surface area (Å²) in [5, 5.41) is 0. The fourth-order valence-electron chi connectivity index (χ4n) is 2.82. The molecule has 0 bridgehead atoms. The number of aromatic nitrogens is 2. The summed E-state index contributed by atoms with van der Waals surface area (Å²) in [7, 11) is 1.43. The van der Waals surface area contributed by atoms with Crippen molar-refractivity contribution in [3.05, 3.63) is 18.2 Å². The Morgan fingerprint density at radius 2 is 2.28 bits per heavy atom. The van der Waals surface area contributed by atoms with E-state index in [0.29, 0.717) is 18.4 Å². The third-order valence-corrected chi connectivity index (χ3v) is 3.98. The second-order valence-corrected chi connectivity index (χ2v) is 4.95. The third-order valence-electron chi connectivity index (χ3n) is 3.98. The van der Waals surface area contributed by atoms with E-state index in [-0.39, 0.29) is 11.4 Å². The summed E-state index contributed by atoms with van der Waals surface area (Å²) < 4.78 is 17.6. The topological polar surface area (TPSA) is 55.3 Å². The lowest BCUT2D eigenvalue weighted by Crippen LogP contribution is -2.39. The summed E-state index contributed by atoms with van der Waals surface area (Å²) in [6.45, 7) is 1.44. The molecule has 0 spiro atoms. The highest BCUT2D eigenvalue weighted by molar-refractivity contribution is 5.81. The minimum Gasteiger partial charge on any atom is -0.469 e. The zero-order chi connectivity index (χ0) is 12.8. The quantitative estimate of drug-likeness (QED) is 0.734. The van der Waals surface area contributed by atoms with Crippen molar-refractivity contribution in [3.8, 4) is 0 Å². The minimum atomic E-state index is -0.439. The van der Waals surface area contributed by atoms with Gasteiger partial charge in [0.05, 0.1) is 24.9 Å². The summed E-state index contributed by atoms with van der Waals surface area (Å²) in [6, 6.07) is 0. The molecule has 6 heteroatoms. The largest absolute Gasteiger partial charge is 0.469 e. The monoisotopic (exact) mass is 251 g/mol. The molecule has 2 fully saturated rings. The van der Waals surface area contributed by atoms with Crippen LogP contribution in [0.1, 0.15) is 12.8 Å². The van der Waals surface area contributed by atoms with E-state index in [9.17, 15) is 9.18 Å². The van der Waals surface area contributed by atoms with Gasteiger partial charge in [0.2, 0.25) is 5.95 Å². The van der Waals surface area contributed by atoms with Crippen LogP contribution in [0.3, 0.4) is 0 Å². The predicted octanol–water partition coefficient (Wildman–Crippen LogP) is 1.01. The molecule has 18 heavy (non-hydrogen) atoms. The number of methoxy groups -OCH3 is 1. The van der Waals surface area contributed by atoms with Gasteiger partial charge in [-0.05, 0) is 18.8 Å². The Hall–Kier alpha value is -1.72. The Morgan fingerprint density at radius 3 is 2.89 bits per heavy atom. The Kier molecular flexibility index (Phi) is 2.46. The second kappa shape index (κ2) is 3.90. The van der Waals surface area contributed by atoms with Crippen LogP contribution in [0.25, 0.3) is 0 Å². The Bertz CT molecular complexity index is 479. The highest BCUT2D eigenvalue weighted by Crippen LogP contribution is 2.58. The minimum absolute atomic E-state index is 0.104. The molecule has 5 nitrogen and oxygen atoms in total. The Morgan fingerprint density at radius 1 is 1.56 bits per heavy atom. The van der Waals surface area contributed by atoms with E-state index in [4.69, 9.17) is 4.74 Å². The molecule has 0 radical (unpaired) electrons. The standard InChI is InChI=1S/C12H14FN3O2/c1-18-10(17)12-2-3-16(7-8(12)4-12)11-14-5-9(13)6-15-11/h5-6,8H,2-4,7H2,1H3. The van der Waals surface area contributed by atoms with Gasteiger partial charge in [-0.25, -0.2) is 14.4 Å². The van der Waals surface area contributed by atoms with E-state index in [1.807, 2.05) is 4.90 Å². The number of esters is 1. The lowest BCUT2D eigenvalue weighted by atomic mass is 9.95. The number of fused-ring (bicyclic) bond motifs is 1. The normalized spacial score (nSPS) is 29.7. The molecule has 2 heterocycles. The van der Waals surface area contributed by atoms with Crippen LogP contribution in [-0.4, -0.2) is 36.1 Å². The number of anilines is 1. The maximum absolute atomic E-state index is 12.7. The molecule has 1 aliphatic carbocycles. The lowest BCUT2D eigenvalue weighted by molar-refractivity contribution is -0.148. The van der Waals surface area contributed by atoms with E-state index < -0.39 is 5.82 Å². The zero-order valence-corrected chi connectivity index (χ0v) is 10.1. The maximum atomic E-state index is 12.7. The van der Waals surface area contributed by atoms with Gasteiger partial charge in [0.15, 0.2) is 5.82 Å². The van der Waals surface area contributed by atoms with Crippen molar-refractivity contribution >= 4 is 11.9 Å². The van der Waals surface area contributed by atoms with Gasteiger partial charge in [-0.1, -0.05) is 0 Å². The van der Waals surface area contributed by atoms with Gasteiger partial charge < -0.3 is 9.64 Å². The number of carbonyl (C=O) groups is 1. The Labute approximate surface area is 104 Å². The molecule has 1 saturated carbocycles. The molecule has 2 aliphatic rings. The van der Waals surface area contributed by atoms with Crippen LogP contribution >= 0.6 is 0 Å². The first kappa shape index (κ1) is 11.4. The fourth-order valence-corrected chi connectivity index (χ4v) is 2.82. The molecular weight excluding hydrogens is 237 g/mol. The van der Waals surface area contributed by atoms with Crippen LogP contribution in [0.4, 0.5) is 10.3 Å². The molecule has 1 aliphatic heterocycles. The van der Waals surface area contributed by atoms with E-state index in [0.717, 1.165) is 31.8 Å². The molecule has 3 rings (SSSR count). The number of nitrogens with zero attached hydrogens (tertiary/aromatic N) is 3. The second-order valence-electron chi connectivity index (χ2n) is 4.95. The van der Waals surface area contributed by atoms with Gasteiger partial charge in [-0.2, -0.15) is 0 Å². The fraction of sp³-hybridized carbons (Fsp3) is 0.583. The van der Waals surface area contributed by atoms with Gasteiger partial charge in [0.25, 0.3) is 0 Å². The molecule has 1 aromatic rings. The van der Waals surface area contributed by atoms with E-state index >= 15 is 0 Å². The van der Waals surface area contributed by atoms with Crippen molar-refractivity contribution in [1.82, 2.24) is 9.97 Å². The lowest BCUT2D eigenvalue weighted by Gasteiger charge is -2.30. The molecule has 1 saturated heterocycles. The summed E-state index contributed by atoms with van der Waals surface area (Å²) in [4.78, 5) is 21.6. The van der Waals surface area contributed by atoms with Crippen molar-refractivity contribution in [2.45, 2.75) is 12.8 Å². The van der Waals surface area contributed by atoms with Crippen LogP contribution in [0, 0.1) is 17.2 Å². The number of halogens is 1. The van der Waals surface area contributed by atoms with Gasteiger partial charge in [0.1, 0.15) is 0 Å². The predicted molar refractivity (Wildman–Crippen MR) is 61.4 cm³/mol. The average Bonchev–Trinajstić information content (AvgIpc) is 3.13. The summed E-state index contributed by atoms with van der Waals surface area (Å²) in [5.41, 5.74) is -0.273. The highest BCUT2D eigenvalue weighted by Gasteiger charge is 2.62. The van der Waals surface area contributed by atoms with E-state index in [1.54, 1.807) is 0 Å². The first-order valence-corrected chi connectivity index (χ1v) is 5.96. The molecule has 2 unspecified atom stereocenters. The molecule has 0 N–H and O–H groups in total. The Balaban J connectivity index is 1.71. The summed E-state index contributed by atoms with van der Waals surface area (Å²) in [5.74, 6) is 0.299. The van der Waals surface area contributed by atoms with E-state index in [2.05, 4.69) is 9.97 Å². The van der Waals surface area contributed by atoms with Gasteiger partial charge >= 0.3 is 5.97 Å². The van der Waals surface area contributed by atoms with Crippen LogP contribution < -0.4 is 4.90 Å². The molecule has 1 aromatic heterocycles. The SMILES string of the molecule is COC(=O)C12CCN(c3ncc(F)cn3)CC1C2. The summed E-state index contributed by atoms with van der Waals surface area (Å²) in [6.07, 6.45) is 3.96. The number of carbonyl (C=O) groups excluding carboxylic acids is 1. The van der Waals surface area contributed by atoms with Crippen LogP contribution in [0.5, 0.6) is 0 Å². The highest BCUT2D eigenvalue weighted by atomic mass is 19.1. The first-order chi connectivity index (χ1) is 8.65. The van der Waals surface area contributed by atoms with Crippen molar-refractivity contribution in [2.24, 2.45) is 11.3 Å². The van der Waals surface area contributed by atoms with Crippen molar-refractivity contribution in [1.29, 1.82) is 0 Å². The third kappa shape index (κ3) is 1.63. The van der Waals surface area contributed by atoms with Crippen molar-refractivity contribution in [3.63, 3.8) is 0 Å². The number of rotatable bonds is 2. The maximum Gasteiger partial charge on any atom is 0.312 e. The van der Waals surface area contributed by atoms with E-state index in [1.165, 1.54) is 7.11 Å². The first-order valence-electron chi connectivity index (χ1n) is 5.96. The average molecular weight is 251 g/mol. The van der Waals surface area contributed by atoms with Crippen LogP contribution in [-0.2, 0) is 9.53 Å². The van der Waals surface area contributed by atoms with Gasteiger partial charge in [-0.3, -0.25) is 4.79 Å². The molecule has 2 atom stereocenters. The number of ether oxygens (including phenoxy) is 1. The molecular formula is C12H14FN3O2. The van der Waals surface area contributed by atoms with Crippen LogP contribution in [0.15, 0.2) is 12.4 Å². The zero-order valence-electron chi connectivity index (χ0n) is 10.1. The number of hydrogen-bond acceptors (Lipinski definition) is 5. The van der Waals surface area contributed by atoms with Crippen molar-refractivity contribution < 1.29 is 13.9 Å². The number of piperidine rings is 1. The number of hydrogen-bond donors (Lipinski definition) is 0. The van der Waals surface area contributed by atoms with Gasteiger partial charge in [0, 0.05) is 13.1 Å². The van der Waals surface area contributed by atoms with Crippen LogP contribution in [0.2, 0.25) is 0 Å². The van der Waals surface area contributed by atoms with Crippen molar-refractivity contribution in [2.75, 3.05) is 25.1 Å². The van der Waals surface area contributed by atoms with Gasteiger partial charge in [-0.15, -0.1) is 0 Å². The summed E-state index contributed by atoms with van der Waals surface area (Å²) >= 11 is 0. The molecule has 0 amide bonds. The molecule has 0 aromatic carbocycles.